The third kappa shape index (κ3) is 4.74. The van der Waals surface area contributed by atoms with Gasteiger partial charge in [-0.15, -0.1) is 0 Å². The fraction of sp³-hybridized carbons (Fsp3) is 0.0417. The van der Waals surface area contributed by atoms with Crippen molar-refractivity contribution in [3.05, 3.63) is 99.0 Å². The van der Waals surface area contributed by atoms with Crippen molar-refractivity contribution in [1.82, 2.24) is 5.32 Å². The maximum Gasteiger partial charge on any atom is 0.335 e. The third-order valence-corrected chi connectivity index (χ3v) is 5.55. The summed E-state index contributed by atoms with van der Waals surface area (Å²) in [5.74, 6) is -0.872. The molecule has 3 aromatic rings. The van der Waals surface area contributed by atoms with Gasteiger partial charge in [-0.1, -0.05) is 63.9 Å². The van der Waals surface area contributed by atoms with Crippen LogP contribution in [-0.4, -0.2) is 17.8 Å². The molecule has 160 valence electrons. The lowest BCUT2D eigenvalue weighted by Gasteiger charge is -2.27. The normalized spacial score (nSPS) is 15.1. The van der Waals surface area contributed by atoms with E-state index in [0.29, 0.717) is 17.9 Å². The van der Waals surface area contributed by atoms with Gasteiger partial charge in [0.15, 0.2) is 0 Å². The lowest BCUT2D eigenvalue weighted by molar-refractivity contribution is -0.122. The number of hydrogen-bond donors (Lipinski definition) is 1. The van der Waals surface area contributed by atoms with E-state index in [-0.39, 0.29) is 16.3 Å². The van der Waals surface area contributed by atoms with Gasteiger partial charge in [0.2, 0.25) is 0 Å². The number of nitrogens with zero attached hydrogens (tertiary/aromatic N) is 1. The Kier molecular flexibility index (Phi) is 6.39. The first-order chi connectivity index (χ1) is 15.4. The SMILES string of the molecule is O=C1NC(=O)N(c2ccccc2Cl)C(=O)/C1=C/c1ccc(OCc2ccc(Br)cc2)cc1. The first-order valence-electron chi connectivity index (χ1n) is 9.55. The fourth-order valence-corrected chi connectivity index (χ4v) is 3.57. The molecule has 0 aromatic heterocycles. The van der Waals surface area contributed by atoms with Gasteiger partial charge >= 0.3 is 6.03 Å². The second-order valence-electron chi connectivity index (χ2n) is 6.89. The van der Waals surface area contributed by atoms with Crippen LogP contribution in [0.2, 0.25) is 5.02 Å². The molecule has 32 heavy (non-hydrogen) atoms. The number of para-hydroxylation sites is 1. The van der Waals surface area contributed by atoms with Gasteiger partial charge in [0, 0.05) is 4.47 Å². The molecular weight excluding hydrogens is 496 g/mol. The summed E-state index contributed by atoms with van der Waals surface area (Å²) >= 11 is 9.53. The summed E-state index contributed by atoms with van der Waals surface area (Å²) in [5.41, 5.74) is 1.65. The Hall–Kier alpha value is -3.42. The Morgan fingerprint density at radius 3 is 2.31 bits per heavy atom. The summed E-state index contributed by atoms with van der Waals surface area (Å²) in [5, 5.41) is 2.40. The number of carbonyl (C=O) groups is 3. The van der Waals surface area contributed by atoms with E-state index in [1.165, 1.54) is 12.1 Å². The average Bonchev–Trinajstić information content (AvgIpc) is 2.78. The third-order valence-electron chi connectivity index (χ3n) is 4.70. The van der Waals surface area contributed by atoms with Gasteiger partial charge in [0.1, 0.15) is 17.9 Å². The summed E-state index contributed by atoms with van der Waals surface area (Å²) in [7, 11) is 0. The predicted molar refractivity (Wildman–Crippen MR) is 125 cm³/mol. The maximum atomic E-state index is 12.9. The molecule has 1 N–H and O–H groups in total. The van der Waals surface area contributed by atoms with E-state index >= 15 is 0 Å². The molecule has 0 unspecified atom stereocenters. The number of imide groups is 2. The highest BCUT2D eigenvalue weighted by Crippen LogP contribution is 2.29. The van der Waals surface area contributed by atoms with Crippen molar-refractivity contribution < 1.29 is 19.1 Å². The lowest BCUT2D eigenvalue weighted by Crippen LogP contribution is -2.54. The summed E-state index contributed by atoms with van der Waals surface area (Å²) in [6.45, 7) is 0.406. The van der Waals surface area contributed by atoms with Gasteiger partial charge in [0.25, 0.3) is 11.8 Å². The zero-order valence-electron chi connectivity index (χ0n) is 16.5. The fourth-order valence-electron chi connectivity index (χ4n) is 3.08. The first kappa shape index (κ1) is 21.8. The molecule has 1 fully saturated rings. The standard InChI is InChI=1S/C24H16BrClN2O4/c25-17-9-5-16(6-10-17)14-32-18-11-7-15(8-12-18)13-19-22(29)27-24(31)28(23(19)30)21-4-2-1-3-20(21)26/h1-13H,14H2,(H,27,29,31)/b19-13+. The molecule has 0 aliphatic carbocycles. The van der Waals surface area contributed by atoms with E-state index in [9.17, 15) is 14.4 Å². The Morgan fingerprint density at radius 2 is 1.62 bits per heavy atom. The zero-order valence-corrected chi connectivity index (χ0v) is 18.9. The van der Waals surface area contributed by atoms with E-state index in [0.717, 1.165) is 14.9 Å². The highest BCUT2D eigenvalue weighted by molar-refractivity contribution is 9.10. The number of anilines is 1. The lowest BCUT2D eigenvalue weighted by atomic mass is 10.1. The van der Waals surface area contributed by atoms with Crippen LogP contribution in [0.5, 0.6) is 5.75 Å². The van der Waals surface area contributed by atoms with Crippen LogP contribution in [0.3, 0.4) is 0 Å². The Balaban J connectivity index is 1.52. The largest absolute Gasteiger partial charge is 0.489 e. The van der Waals surface area contributed by atoms with E-state index < -0.39 is 17.8 Å². The van der Waals surface area contributed by atoms with Crippen LogP contribution in [0.15, 0.2) is 82.8 Å². The zero-order chi connectivity index (χ0) is 22.7. The first-order valence-corrected chi connectivity index (χ1v) is 10.7. The molecule has 0 bridgehead atoms. The van der Waals surface area contributed by atoms with Gasteiger partial charge in [-0.2, -0.15) is 0 Å². The van der Waals surface area contributed by atoms with Crippen molar-refractivity contribution in [1.29, 1.82) is 0 Å². The second-order valence-corrected chi connectivity index (χ2v) is 8.22. The number of rotatable bonds is 5. The number of amides is 4. The summed E-state index contributed by atoms with van der Waals surface area (Å²) in [6, 6.07) is 20.3. The number of barbiturate groups is 1. The van der Waals surface area contributed by atoms with Crippen molar-refractivity contribution >= 4 is 57.1 Å². The molecule has 1 aliphatic heterocycles. The van der Waals surface area contributed by atoms with Gasteiger partial charge in [-0.25, -0.2) is 9.69 Å². The van der Waals surface area contributed by atoms with Crippen LogP contribution in [-0.2, 0) is 16.2 Å². The van der Waals surface area contributed by atoms with Gasteiger partial charge in [-0.3, -0.25) is 14.9 Å². The topological polar surface area (TPSA) is 75.7 Å². The predicted octanol–water partition coefficient (Wildman–Crippen LogP) is 5.35. The molecule has 6 nitrogen and oxygen atoms in total. The van der Waals surface area contributed by atoms with E-state index in [1.807, 2.05) is 24.3 Å². The van der Waals surface area contributed by atoms with Crippen molar-refractivity contribution in [3.8, 4) is 5.75 Å². The van der Waals surface area contributed by atoms with Crippen LogP contribution in [0, 0.1) is 0 Å². The monoisotopic (exact) mass is 510 g/mol. The average molecular weight is 512 g/mol. The molecule has 8 heteroatoms. The minimum atomic E-state index is -0.845. The van der Waals surface area contributed by atoms with Crippen molar-refractivity contribution in [2.75, 3.05) is 4.90 Å². The maximum absolute atomic E-state index is 12.9. The van der Waals surface area contributed by atoms with Gasteiger partial charge < -0.3 is 4.74 Å². The highest BCUT2D eigenvalue weighted by atomic mass is 79.9. The molecule has 4 amide bonds. The number of carbonyl (C=O) groups excluding carboxylic acids is 3. The molecule has 1 heterocycles. The summed E-state index contributed by atoms with van der Waals surface area (Å²) < 4.78 is 6.77. The number of ether oxygens (including phenoxy) is 1. The highest BCUT2D eigenvalue weighted by Gasteiger charge is 2.37. The summed E-state index contributed by atoms with van der Waals surface area (Å²) in [6.07, 6.45) is 1.42. The van der Waals surface area contributed by atoms with E-state index in [4.69, 9.17) is 16.3 Å². The molecule has 0 saturated carbocycles. The molecule has 0 atom stereocenters. The molecule has 0 radical (unpaired) electrons. The Morgan fingerprint density at radius 1 is 0.938 bits per heavy atom. The van der Waals surface area contributed by atoms with E-state index in [2.05, 4.69) is 21.2 Å². The minimum Gasteiger partial charge on any atom is -0.489 e. The van der Waals surface area contributed by atoms with Gasteiger partial charge in [0.05, 0.1) is 10.7 Å². The Bertz CT molecular complexity index is 1220. The van der Waals surface area contributed by atoms with Crippen LogP contribution >= 0.6 is 27.5 Å². The molecule has 3 aromatic carbocycles. The van der Waals surface area contributed by atoms with Crippen molar-refractivity contribution in [2.45, 2.75) is 6.61 Å². The van der Waals surface area contributed by atoms with Crippen LogP contribution in [0.4, 0.5) is 10.5 Å². The summed E-state index contributed by atoms with van der Waals surface area (Å²) in [4.78, 5) is 38.4. The number of benzene rings is 3. The molecular formula is C24H16BrClN2O4. The van der Waals surface area contributed by atoms with Crippen molar-refractivity contribution in [2.24, 2.45) is 0 Å². The molecule has 1 saturated heterocycles. The molecule has 1 aliphatic rings. The quantitative estimate of drug-likeness (QED) is 0.370. The number of halogens is 2. The van der Waals surface area contributed by atoms with Gasteiger partial charge in [-0.05, 0) is 53.6 Å². The minimum absolute atomic E-state index is 0.173. The number of urea groups is 1. The van der Waals surface area contributed by atoms with Crippen molar-refractivity contribution in [3.63, 3.8) is 0 Å². The van der Waals surface area contributed by atoms with Crippen LogP contribution in [0.1, 0.15) is 11.1 Å². The van der Waals surface area contributed by atoms with Crippen LogP contribution in [0.25, 0.3) is 6.08 Å². The number of nitrogens with one attached hydrogen (secondary N) is 1. The molecule has 4 rings (SSSR count). The Labute approximate surface area is 197 Å². The van der Waals surface area contributed by atoms with E-state index in [1.54, 1.807) is 42.5 Å². The van der Waals surface area contributed by atoms with Crippen LogP contribution < -0.4 is 15.0 Å². The second kappa shape index (κ2) is 9.38. The molecule has 0 spiro atoms. The smallest absolute Gasteiger partial charge is 0.335 e. The number of hydrogen-bond acceptors (Lipinski definition) is 4.